The number of para-hydroxylation sites is 3. The molecule has 4 aliphatic rings. The average Bonchev–Trinajstić information content (AvgIpc) is 3.88. The van der Waals surface area contributed by atoms with Gasteiger partial charge in [-0.05, 0) is 106 Å². The maximum absolute atomic E-state index is 6.72. The van der Waals surface area contributed by atoms with Gasteiger partial charge < -0.3 is 23.7 Å². The number of ether oxygens (including phenoxy) is 2. The Balaban J connectivity index is 0.915. The van der Waals surface area contributed by atoms with Crippen LogP contribution in [0.5, 0.6) is 23.0 Å². The lowest BCUT2D eigenvalue weighted by Gasteiger charge is -2.38. The smallest absolute Gasteiger partial charge is 0.301 e. The number of furan rings is 1. The van der Waals surface area contributed by atoms with Crippen molar-refractivity contribution in [2.45, 2.75) is 0 Å². The minimum atomic E-state index is -0.0931. The van der Waals surface area contributed by atoms with Gasteiger partial charge >= 0.3 is 6.71 Å². The third-order valence-electron chi connectivity index (χ3n) is 12.8. The number of thiophene rings is 1. The lowest BCUT2D eigenvalue weighted by atomic mass is 9.36. The van der Waals surface area contributed by atoms with Gasteiger partial charge in [-0.25, -0.2) is 0 Å². The van der Waals surface area contributed by atoms with Gasteiger partial charge in [-0.3, -0.25) is 0 Å². The van der Waals surface area contributed by atoms with Gasteiger partial charge in [-0.15, -0.1) is 11.3 Å². The standard InChI is InChI=1S/C52H30B2N2O3S/c1-6-24-42-35(17-1)50-51(59-42)53-37-19-3-5-21-39(37)55(40-22-11-27-45(58-50)47(40)53)33-15-9-13-31(29-33)32-14-10-16-34(30-32)56-41-23-12-26-44-48(41)54(38-20-4-7-25-43(38)57-44)52-49(56)36-18-2-8-28-46(36)60-52/h1-30H. The van der Waals surface area contributed by atoms with Gasteiger partial charge in [-0.2, -0.15) is 0 Å². The van der Waals surface area contributed by atoms with Crippen molar-refractivity contribution in [1.29, 1.82) is 0 Å². The van der Waals surface area contributed by atoms with Crippen LogP contribution >= 0.6 is 11.3 Å². The first-order valence-electron chi connectivity index (χ1n) is 20.4. The van der Waals surface area contributed by atoms with Crippen molar-refractivity contribution in [1.82, 2.24) is 0 Å². The van der Waals surface area contributed by atoms with Crippen molar-refractivity contribution in [3.8, 4) is 34.1 Å². The minimum absolute atomic E-state index is 0.0873. The Morgan fingerprint density at radius 2 is 1.05 bits per heavy atom. The van der Waals surface area contributed by atoms with E-state index in [1.807, 2.05) is 29.5 Å². The second kappa shape index (κ2) is 12.1. The highest BCUT2D eigenvalue weighted by molar-refractivity contribution is 7.33. The predicted molar refractivity (Wildman–Crippen MR) is 249 cm³/mol. The van der Waals surface area contributed by atoms with E-state index in [1.165, 1.54) is 36.9 Å². The van der Waals surface area contributed by atoms with E-state index < -0.39 is 0 Å². The fraction of sp³-hybridized carbons (Fsp3) is 0. The number of hydrogen-bond acceptors (Lipinski definition) is 6. The Hall–Kier alpha value is -7.41. The molecule has 2 aromatic heterocycles. The molecule has 0 fully saturated rings. The summed E-state index contributed by atoms with van der Waals surface area (Å²) in [5.74, 6) is 3.52. The molecule has 60 heavy (non-hydrogen) atoms. The fourth-order valence-corrected chi connectivity index (χ4v) is 11.6. The van der Waals surface area contributed by atoms with Gasteiger partial charge in [0.15, 0.2) is 5.75 Å². The van der Waals surface area contributed by atoms with E-state index in [0.717, 1.165) is 84.7 Å². The Morgan fingerprint density at radius 3 is 1.88 bits per heavy atom. The first-order valence-corrected chi connectivity index (χ1v) is 21.2. The largest absolute Gasteiger partial charge is 0.466 e. The maximum Gasteiger partial charge on any atom is 0.301 e. The van der Waals surface area contributed by atoms with Crippen LogP contribution in [0.15, 0.2) is 186 Å². The Morgan fingerprint density at radius 1 is 0.450 bits per heavy atom. The van der Waals surface area contributed by atoms with Crippen molar-refractivity contribution in [2.24, 2.45) is 0 Å². The molecule has 278 valence electrons. The van der Waals surface area contributed by atoms with Crippen LogP contribution in [0.3, 0.4) is 0 Å². The van der Waals surface area contributed by atoms with Crippen molar-refractivity contribution in [2.75, 3.05) is 9.80 Å². The topological polar surface area (TPSA) is 38.1 Å². The van der Waals surface area contributed by atoms with Crippen LogP contribution in [0.1, 0.15) is 0 Å². The van der Waals surface area contributed by atoms with E-state index in [9.17, 15) is 0 Å². The summed E-state index contributed by atoms with van der Waals surface area (Å²) in [6.07, 6.45) is 0. The van der Waals surface area contributed by atoms with Crippen LogP contribution in [-0.2, 0) is 0 Å². The Bertz CT molecular complexity index is 3470. The molecule has 0 atom stereocenters. The second-order valence-corrected chi connectivity index (χ2v) is 17.0. The van der Waals surface area contributed by atoms with E-state index in [0.29, 0.717) is 0 Å². The zero-order valence-corrected chi connectivity index (χ0v) is 32.8. The summed E-state index contributed by atoms with van der Waals surface area (Å²) in [5, 5.41) is 2.26. The SMILES string of the molecule is c1cc(-c2cccc(N3c4cccc5c4B(c4ccccc4O5)c4sc5ccccc5c43)c2)cc(N2c3ccccc3B3c4oc5ccccc5c4Oc4cccc2c43)c1. The molecule has 6 heterocycles. The van der Waals surface area contributed by atoms with Crippen LogP contribution in [-0.4, -0.2) is 13.4 Å². The molecule has 10 aromatic rings. The molecule has 5 nitrogen and oxygen atoms in total. The number of rotatable bonds is 3. The molecule has 0 spiro atoms. The third kappa shape index (κ3) is 4.38. The summed E-state index contributed by atoms with van der Waals surface area (Å²) in [5.41, 5.74) is 15.5. The summed E-state index contributed by atoms with van der Waals surface area (Å²) >= 11 is 1.89. The summed E-state index contributed by atoms with van der Waals surface area (Å²) in [6.45, 7) is -0.00580. The molecule has 8 heteroatoms. The van der Waals surface area contributed by atoms with Gasteiger partial charge in [0.25, 0.3) is 6.71 Å². The number of benzene rings is 8. The van der Waals surface area contributed by atoms with Crippen LogP contribution in [0.2, 0.25) is 0 Å². The van der Waals surface area contributed by atoms with Gasteiger partial charge in [0.2, 0.25) is 0 Å². The molecule has 0 radical (unpaired) electrons. The van der Waals surface area contributed by atoms with Crippen LogP contribution in [0, 0.1) is 0 Å². The zero-order chi connectivity index (χ0) is 39.1. The number of anilines is 6. The van der Waals surface area contributed by atoms with E-state index in [4.69, 9.17) is 13.9 Å². The summed E-state index contributed by atoms with van der Waals surface area (Å²) in [4.78, 5) is 4.86. The van der Waals surface area contributed by atoms with E-state index in [1.54, 1.807) is 0 Å². The second-order valence-electron chi connectivity index (χ2n) is 15.9. The highest BCUT2D eigenvalue weighted by Crippen LogP contribution is 2.47. The molecular weight excluding hydrogens is 754 g/mol. The molecule has 8 aromatic carbocycles. The number of hydrogen-bond donors (Lipinski definition) is 0. The maximum atomic E-state index is 6.72. The highest BCUT2D eigenvalue weighted by Gasteiger charge is 2.46. The monoisotopic (exact) mass is 784 g/mol. The van der Waals surface area contributed by atoms with Gasteiger partial charge in [0.05, 0.1) is 11.1 Å². The molecule has 0 N–H and O–H groups in total. The van der Waals surface area contributed by atoms with Gasteiger partial charge in [-0.1, -0.05) is 103 Å². The van der Waals surface area contributed by atoms with Crippen LogP contribution in [0.25, 0.3) is 32.2 Å². The molecule has 0 unspecified atom stereocenters. The quantitative estimate of drug-likeness (QED) is 0.167. The molecular formula is C52H30B2N2O3S. The number of nitrogens with zero attached hydrogens (tertiary/aromatic N) is 2. The number of fused-ring (bicyclic) bond motifs is 12. The molecule has 0 saturated heterocycles. The first kappa shape index (κ1) is 32.5. The van der Waals surface area contributed by atoms with Crippen molar-refractivity contribution in [3.05, 3.63) is 182 Å². The Labute approximate surface area is 350 Å². The summed E-state index contributed by atoms with van der Waals surface area (Å²) < 4.78 is 22.6. The summed E-state index contributed by atoms with van der Waals surface area (Å²) in [7, 11) is 0. The lowest BCUT2D eigenvalue weighted by Crippen LogP contribution is -2.59. The van der Waals surface area contributed by atoms with Crippen molar-refractivity contribution >= 4 is 112 Å². The molecule has 0 saturated carbocycles. The van der Waals surface area contributed by atoms with Gasteiger partial charge in [0.1, 0.15) is 28.5 Å². The van der Waals surface area contributed by atoms with E-state index >= 15 is 0 Å². The van der Waals surface area contributed by atoms with E-state index in [-0.39, 0.29) is 13.4 Å². The lowest BCUT2D eigenvalue weighted by molar-refractivity contribution is 0.482. The minimum Gasteiger partial charge on any atom is -0.466 e. The molecule has 0 bridgehead atoms. The normalized spacial score (nSPS) is 13.8. The predicted octanol–water partition coefficient (Wildman–Crippen LogP) is 10.1. The Kier molecular flexibility index (Phi) is 6.55. The van der Waals surface area contributed by atoms with Crippen LogP contribution in [0.4, 0.5) is 34.1 Å². The molecule has 4 aliphatic heterocycles. The van der Waals surface area contributed by atoms with E-state index in [2.05, 4.69) is 174 Å². The van der Waals surface area contributed by atoms with Crippen molar-refractivity contribution < 1.29 is 13.9 Å². The summed E-state index contributed by atoms with van der Waals surface area (Å²) in [6, 6.07) is 65.1. The van der Waals surface area contributed by atoms with Crippen molar-refractivity contribution in [3.63, 3.8) is 0 Å². The highest BCUT2D eigenvalue weighted by atomic mass is 32.1. The van der Waals surface area contributed by atoms with Gasteiger partial charge in [0, 0.05) is 48.8 Å². The zero-order valence-electron chi connectivity index (χ0n) is 32.0. The molecule has 0 aliphatic carbocycles. The fourth-order valence-electron chi connectivity index (χ4n) is 10.3. The van der Waals surface area contributed by atoms with Crippen LogP contribution < -0.4 is 51.6 Å². The third-order valence-corrected chi connectivity index (χ3v) is 14.0. The first-order chi connectivity index (χ1) is 29.8. The molecule has 0 amide bonds. The average molecular weight is 785 g/mol. The molecule has 14 rings (SSSR count).